The molecule has 2 aromatic rings. The van der Waals surface area contributed by atoms with Crippen LogP contribution < -0.4 is 0 Å². The molecule has 1 atom stereocenters. The summed E-state index contributed by atoms with van der Waals surface area (Å²) in [5, 5.41) is 11.3. The summed E-state index contributed by atoms with van der Waals surface area (Å²) in [5.74, 6) is -3.10. The Labute approximate surface area is 152 Å². The summed E-state index contributed by atoms with van der Waals surface area (Å²) in [7, 11) is 0. The van der Waals surface area contributed by atoms with E-state index in [1.54, 1.807) is 12.3 Å². The number of thiazole rings is 1. The molecule has 0 N–H and O–H groups in total. The van der Waals surface area contributed by atoms with E-state index in [0.717, 1.165) is 12.2 Å². The third-order valence-electron chi connectivity index (χ3n) is 3.08. The second-order valence-corrected chi connectivity index (χ2v) is 6.23. The van der Waals surface area contributed by atoms with Gasteiger partial charge in [0.15, 0.2) is 18.3 Å². The Morgan fingerprint density at radius 3 is 2.88 bits per heavy atom. The van der Waals surface area contributed by atoms with E-state index in [2.05, 4.69) is 4.98 Å². The molecule has 0 saturated heterocycles. The molecule has 0 amide bonds. The minimum atomic E-state index is -1.09. The van der Waals surface area contributed by atoms with Crippen LogP contribution in [0.25, 0.3) is 6.08 Å². The molecule has 0 aliphatic rings. The lowest BCUT2D eigenvalue weighted by Gasteiger charge is -2.05. The van der Waals surface area contributed by atoms with Gasteiger partial charge in [-0.15, -0.1) is 11.3 Å². The van der Waals surface area contributed by atoms with E-state index in [1.807, 2.05) is 6.07 Å². The second-order valence-electron chi connectivity index (χ2n) is 4.93. The van der Waals surface area contributed by atoms with Gasteiger partial charge in [0.05, 0.1) is 11.1 Å². The van der Waals surface area contributed by atoms with Crippen LogP contribution in [-0.2, 0) is 14.3 Å². The van der Waals surface area contributed by atoms with Gasteiger partial charge in [-0.1, -0.05) is 17.7 Å². The average Bonchev–Trinajstić information content (AvgIpc) is 2.99. The molecule has 8 heteroatoms. The smallest absolute Gasteiger partial charge is 0.331 e. The van der Waals surface area contributed by atoms with E-state index in [0.29, 0.717) is 10.7 Å². The monoisotopic (exact) mass is 378 g/mol. The number of rotatable bonds is 6. The van der Waals surface area contributed by atoms with Crippen molar-refractivity contribution in [2.24, 2.45) is 0 Å². The minimum Gasteiger partial charge on any atom is -0.454 e. The lowest BCUT2D eigenvalue weighted by Crippen LogP contribution is -2.19. The summed E-state index contributed by atoms with van der Waals surface area (Å²) in [6.07, 6.45) is 2.13. The molecule has 5 nitrogen and oxygen atoms in total. The van der Waals surface area contributed by atoms with Gasteiger partial charge >= 0.3 is 5.97 Å². The molecule has 0 unspecified atom stereocenters. The van der Waals surface area contributed by atoms with Crippen LogP contribution in [-0.4, -0.2) is 23.3 Å². The first-order valence-corrected chi connectivity index (χ1v) is 8.31. The first kappa shape index (κ1) is 18.8. The maximum atomic E-state index is 13.6. The molecule has 1 aromatic heterocycles. The normalized spacial score (nSPS) is 11.9. The standard InChI is InChI=1S/C17H12ClFN2O3S/c1-10-9-25-17(21-10)12(7-20)15(22)8-24-16(23)6-5-11-13(18)3-2-4-14(11)19/h2-6,9,12H,8H2,1H3/b6-5+/t12-/m1/s1. The fraction of sp³-hybridized carbons (Fsp3) is 0.176. The van der Waals surface area contributed by atoms with Gasteiger partial charge < -0.3 is 4.74 Å². The number of nitrogens with zero attached hydrogens (tertiary/aromatic N) is 2. The summed E-state index contributed by atoms with van der Waals surface area (Å²) in [6.45, 7) is 1.17. The van der Waals surface area contributed by atoms with Crippen LogP contribution in [0.4, 0.5) is 4.39 Å². The molecule has 1 heterocycles. The summed E-state index contributed by atoms with van der Waals surface area (Å²) in [6, 6.07) is 5.97. The molecule has 128 valence electrons. The van der Waals surface area contributed by atoms with Gasteiger partial charge in [0.1, 0.15) is 10.8 Å². The minimum absolute atomic E-state index is 0.0422. The second kappa shape index (κ2) is 8.51. The summed E-state index contributed by atoms with van der Waals surface area (Å²) >= 11 is 7.02. The number of carbonyl (C=O) groups excluding carboxylic acids is 2. The van der Waals surface area contributed by atoms with E-state index in [1.165, 1.54) is 29.5 Å². The molecule has 1 aromatic carbocycles. The molecular weight excluding hydrogens is 367 g/mol. The Morgan fingerprint density at radius 1 is 1.52 bits per heavy atom. The topological polar surface area (TPSA) is 80.0 Å². The highest BCUT2D eigenvalue weighted by atomic mass is 35.5. The maximum absolute atomic E-state index is 13.6. The van der Waals surface area contributed by atoms with Crippen LogP contribution in [0.5, 0.6) is 0 Å². The highest BCUT2D eigenvalue weighted by Crippen LogP contribution is 2.21. The molecule has 0 aliphatic carbocycles. The Hall–Kier alpha value is -2.56. The van der Waals surface area contributed by atoms with Crippen LogP contribution in [0, 0.1) is 24.1 Å². The number of ketones is 1. The lowest BCUT2D eigenvalue weighted by molar-refractivity contribution is -0.143. The zero-order valence-corrected chi connectivity index (χ0v) is 14.6. The molecule has 0 radical (unpaired) electrons. The number of hydrogen-bond acceptors (Lipinski definition) is 6. The number of aromatic nitrogens is 1. The third-order valence-corrected chi connectivity index (χ3v) is 4.43. The zero-order valence-electron chi connectivity index (χ0n) is 13.0. The quantitative estimate of drug-likeness (QED) is 0.566. The van der Waals surface area contributed by atoms with E-state index in [9.17, 15) is 14.0 Å². The van der Waals surface area contributed by atoms with E-state index in [-0.39, 0.29) is 10.6 Å². The van der Waals surface area contributed by atoms with Crippen molar-refractivity contribution < 1.29 is 18.7 Å². The molecule has 0 aliphatic heterocycles. The summed E-state index contributed by atoms with van der Waals surface area (Å²) in [5.41, 5.74) is 0.746. The van der Waals surface area contributed by atoms with Crippen molar-refractivity contribution in [1.82, 2.24) is 4.98 Å². The first-order chi connectivity index (χ1) is 11.9. The van der Waals surface area contributed by atoms with Crippen LogP contribution in [0.2, 0.25) is 5.02 Å². The van der Waals surface area contributed by atoms with Gasteiger partial charge in [0, 0.05) is 22.7 Å². The highest BCUT2D eigenvalue weighted by Gasteiger charge is 2.24. The van der Waals surface area contributed by atoms with Gasteiger partial charge in [-0.2, -0.15) is 5.26 Å². The molecule has 0 bridgehead atoms. The van der Waals surface area contributed by atoms with Crippen LogP contribution in [0.15, 0.2) is 29.7 Å². The van der Waals surface area contributed by atoms with Crippen molar-refractivity contribution in [3.63, 3.8) is 0 Å². The van der Waals surface area contributed by atoms with Crippen molar-refractivity contribution in [2.75, 3.05) is 6.61 Å². The van der Waals surface area contributed by atoms with Gasteiger partial charge in [-0.05, 0) is 25.1 Å². The summed E-state index contributed by atoms with van der Waals surface area (Å²) in [4.78, 5) is 27.8. The number of esters is 1. The number of nitriles is 1. The van der Waals surface area contributed by atoms with Crippen molar-refractivity contribution in [2.45, 2.75) is 12.8 Å². The van der Waals surface area contributed by atoms with Gasteiger partial charge in [0.2, 0.25) is 0 Å². The summed E-state index contributed by atoms with van der Waals surface area (Å²) < 4.78 is 18.4. The number of benzene rings is 1. The Bertz CT molecular complexity index is 853. The molecule has 0 saturated carbocycles. The number of carbonyl (C=O) groups is 2. The Balaban J connectivity index is 1.96. The lowest BCUT2D eigenvalue weighted by atomic mass is 10.1. The number of aryl methyl sites for hydroxylation is 1. The van der Waals surface area contributed by atoms with E-state index < -0.39 is 30.1 Å². The van der Waals surface area contributed by atoms with Crippen LogP contribution >= 0.6 is 22.9 Å². The number of Topliss-reactive ketones (excluding diaryl/α,β-unsaturated/α-hetero) is 1. The molecular formula is C17H12ClFN2O3S. The maximum Gasteiger partial charge on any atom is 0.331 e. The van der Waals surface area contributed by atoms with Crippen LogP contribution in [0.1, 0.15) is 22.2 Å². The molecule has 25 heavy (non-hydrogen) atoms. The van der Waals surface area contributed by atoms with Crippen molar-refractivity contribution in [3.8, 4) is 6.07 Å². The van der Waals surface area contributed by atoms with E-state index in [4.69, 9.17) is 21.6 Å². The van der Waals surface area contributed by atoms with E-state index >= 15 is 0 Å². The highest BCUT2D eigenvalue weighted by molar-refractivity contribution is 7.09. The van der Waals surface area contributed by atoms with Gasteiger partial charge in [-0.3, -0.25) is 4.79 Å². The number of hydrogen-bond donors (Lipinski definition) is 0. The van der Waals surface area contributed by atoms with Crippen molar-refractivity contribution in [1.29, 1.82) is 5.26 Å². The van der Waals surface area contributed by atoms with Gasteiger partial charge in [-0.25, -0.2) is 14.2 Å². The van der Waals surface area contributed by atoms with Gasteiger partial charge in [0.25, 0.3) is 0 Å². The fourth-order valence-electron chi connectivity index (χ4n) is 1.86. The first-order valence-electron chi connectivity index (χ1n) is 7.05. The molecule has 2 rings (SSSR count). The predicted molar refractivity (Wildman–Crippen MR) is 91.6 cm³/mol. The Kier molecular flexibility index (Phi) is 6.39. The third kappa shape index (κ3) is 4.95. The van der Waals surface area contributed by atoms with Crippen molar-refractivity contribution >= 4 is 40.8 Å². The SMILES string of the molecule is Cc1csc([C@H](C#N)C(=O)COC(=O)/C=C/c2c(F)cccc2Cl)n1. The number of ether oxygens (including phenoxy) is 1. The predicted octanol–water partition coefficient (Wildman–Crippen LogP) is 3.68. The number of halogens is 2. The largest absolute Gasteiger partial charge is 0.454 e. The fourth-order valence-corrected chi connectivity index (χ4v) is 2.95. The van der Waals surface area contributed by atoms with Crippen LogP contribution in [0.3, 0.4) is 0 Å². The Morgan fingerprint density at radius 2 is 2.28 bits per heavy atom. The average molecular weight is 379 g/mol. The zero-order chi connectivity index (χ0) is 18.4. The molecule has 0 spiro atoms. The molecule has 0 fully saturated rings. The van der Waals surface area contributed by atoms with Crippen molar-refractivity contribution in [3.05, 3.63) is 56.8 Å².